The number of likely N-dealkylation sites (tertiary alicyclic amines) is 1. The lowest BCUT2D eigenvalue weighted by Crippen LogP contribution is -2.32. The van der Waals surface area contributed by atoms with Gasteiger partial charge in [-0.05, 0) is 31.0 Å². The molecule has 1 heterocycles. The van der Waals surface area contributed by atoms with Gasteiger partial charge in [0, 0.05) is 43.5 Å². The van der Waals surface area contributed by atoms with E-state index in [1.54, 1.807) is 4.90 Å². The lowest BCUT2D eigenvalue weighted by molar-refractivity contribution is -0.130. The summed E-state index contributed by atoms with van der Waals surface area (Å²) in [5, 5.41) is 0. The monoisotopic (exact) mass is 350 g/mol. The minimum Gasteiger partial charge on any atom is -0.340 e. The number of nitrogens with zero attached hydrogens (tertiary/aromatic N) is 1. The van der Waals surface area contributed by atoms with Crippen molar-refractivity contribution in [3.63, 3.8) is 0 Å². The number of rotatable bonds is 5. The maximum atomic E-state index is 12.6. The maximum Gasteiger partial charge on any atom is 0.223 e. The SMILES string of the molecule is Cc1ccc(C)c(C(=O)CCC(=O)N2C[C@@H](N)[C@H](c3ccccc3)C2)c1. The summed E-state index contributed by atoms with van der Waals surface area (Å²) in [7, 11) is 0. The van der Waals surface area contributed by atoms with Crippen molar-refractivity contribution in [1.82, 2.24) is 4.90 Å². The van der Waals surface area contributed by atoms with Gasteiger partial charge < -0.3 is 10.6 Å². The van der Waals surface area contributed by atoms with Crippen LogP contribution in [0.1, 0.15) is 45.8 Å². The molecule has 4 nitrogen and oxygen atoms in total. The summed E-state index contributed by atoms with van der Waals surface area (Å²) >= 11 is 0. The zero-order valence-electron chi connectivity index (χ0n) is 15.4. The minimum absolute atomic E-state index is 0.0116. The molecule has 0 spiro atoms. The first-order valence-corrected chi connectivity index (χ1v) is 9.14. The lowest BCUT2D eigenvalue weighted by atomic mass is 9.95. The number of carbonyl (C=O) groups is 2. The largest absolute Gasteiger partial charge is 0.340 e. The molecule has 0 unspecified atom stereocenters. The third kappa shape index (κ3) is 4.02. The molecule has 1 aliphatic heterocycles. The minimum atomic E-state index is -0.0592. The van der Waals surface area contributed by atoms with Gasteiger partial charge in [0.2, 0.25) is 5.91 Å². The van der Waals surface area contributed by atoms with Crippen molar-refractivity contribution >= 4 is 11.7 Å². The topological polar surface area (TPSA) is 63.4 Å². The number of Topliss-reactive ketones (excluding diaryl/α,β-unsaturated/α-hetero) is 1. The third-order valence-corrected chi connectivity index (χ3v) is 5.20. The van der Waals surface area contributed by atoms with Gasteiger partial charge in [-0.15, -0.1) is 0 Å². The Morgan fingerprint density at radius 3 is 2.50 bits per heavy atom. The van der Waals surface area contributed by atoms with Crippen molar-refractivity contribution in [2.75, 3.05) is 13.1 Å². The average molecular weight is 350 g/mol. The third-order valence-electron chi connectivity index (χ3n) is 5.20. The summed E-state index contributed by atoms with van der Waals surface area (Å²) in [5.41, 5.74) is 10.2. The second-order valence-electron chi connectivity index (χ2n) is 7.22. The van der Waals surface area contributed by atoms with Crippen LogP contribution < -0.4 is 5.73 Å². The Hall–Kier alpha value is -2.46. The van der Waals surface area contributed by atoms with Crippen molar-refractivity contribution in [1.29, 1.82) is 0 Å². The molecule has 0 radical (unpaired) electrons. The standard InChI is InChI=1S/C22H26N2O2/c1-15-8-9-16(2)18(12-15)21(25)10-11-22(26)24-13-19(20(23)14-24)17-6-4-3-5-7-17/h3-9,12,19-20H,10-11,13-14,23H2,1-2H3/t19-,20+/m0/s1. The highest BCUT2D eigenvalue weighted by Crippen LogP contribution is 2.27. The van der Waals surface area contributed by atoms with Gasteiger partial charge in [-0.3, -0.25) is 9.59 Å². The van der Waals surface area contributed by atoms with Crippen molar-refractivity contribution in [3.05, 3.63) is 70.8 Å². The van der Waals surface area contributed by atoms with Crippen LogP contribution in [0.15, 0.2) is 48.5 Å². The zero-order chi connectivity index (χ0) is 18.7. The molecule has 2 N–H and O–H groups in total. The Bertz CT molecular complexity index is 801. The molecule has 1 fully saturated rings. The van der Waals surface area contributed by atoms with E-state index in [-0.39, 0.29) is 36.5 Å². The number of hydrogen-bond donors (Lipinski definition) is 1. The molecule has 136 valence electrons. The molecular formula is C22H26N2O2. The summed E-state index contributed by atoms with van der Waals surface area (Å²) in [4.78, 5) is 26.9. The van der Waals surface area contributed by atoms with Crippen LogP contribution in [0.4, 0.5) is 0 Å². The average Bonchev–Trinajstić information content (AvgIpc) is 3.04. The van der Waals surface area contributed by atoms with Gasteiger partial charge in [0.1, 0.15) is 0 Å². The number of benzene rings is 2. The van der Waals surface area contributed by atoms with E-state index in [0.29, 0.717) is 13.1 Å². The van der Waals surface area contributed by atoms with Gasteiger partial charge >= 0.3 is 0 Å². The molecule has 0 aromatic heterocycles. The Morgan fingerprint density at radius 1 is 1.04 bits per heavy atom. The molecule has 0 aliphatic carbocycles. The van der Waals surface area contributed by atoms with Crippen LogP contribution in [0.25, 0.3) is 0 Å². The predicted molar refractivity (Wildman–Crippen MR) is 103 cm³/mol. The number of ketones is 1. The molecule has 1 aliphatic rings. The Morgan fingerprint density at radius 2 is 1.77 bits per heavy atom. The van der Waals surface area contributed by atoms with E-state index in [9.17, 15) is 9.59 Å². The zero-order valence-corrected chi connectivity index (χ0v) is 15.4. The first kappa shape index (κ1) is 18.3. The van der Waals surface area contributed by atoms with Gasteiger partial charge in [-0.1, -0.05) is 48.0 Å². The summed E-state index contributed by atoms with van der Waals surface area (Å²) in [5.74, 6) is 0.204. The fourth-order valence-corrected chi connectivity index (χ4v) is 3.64. The summed E-state index contributed by atoms with van der Waals surface area (Å²) < 4.78 is 0. The molecule has 0 saturated carbocycles. The second-order valence-corrected chi connectivity index (χ2v) is 7.22. The van der Waals surface area contributed by atoms with Crippen LogP contribution in [0.5, 0.6) is 0 Å². The summed E-state index contributed by atoms with van der Waals surface area (Å²) in [6.45, 7) is 5.08. The highest BCUT2D eigenvalue weighted by molar-refractivity contribution is 5.99. The van der Waals surface area contributed by atoms with E-state index in [4.69, 9.17) is 5.73 Å². The quantitative estimate of drug-likeness (QED) is 0.842. The molecule has 3 rings (SSSR count). The maximum absolute atomic E-state index is 12.6. The van der Waals surface area contributed by atoms with Crippen molar-refractivity contribution in [3.8, 4) is 0 Å². The van der Waals surface area contributed by atoms with Crippen LogP contribution in [-0.4, -0.2) is 35.7 Å². The van der Waals surface area contributed by atoms with E-state index in [1.807, 2.05) is 50.2 Å². The lowest BCUT2D eigenvalue weighted by Gasteiger charge is -2.16. The second kappa shape index (κ2) is 7.83. The molecule has 0 bridgehead atoms. The molecule has 4 heteroatoms. The van der Waals surface area contributed by atoms with Gasteiger partial charge in [-0.2, -0.15) is 0 Å². The van der Waals surface area contributed by atoms with Crippen molar-refractivity contribution < 1.29 is 9.59 Å². The van der Waals surface area contributed by atoms with Crippen LogP contribution in [0.3, 0.4) is 0 Å². The molecule has 1 saturated heterocycles. The highest BCUT2D eigenvalue weighted by Gasteiger charge is 2.33. The van der Waals surface area contributed by atoms with E-state index in [1.165, 1.54) is 5.56 Å². The molecule has 2 aromatic carbocycles. The smallest absolute Gasteiger partial charge is 0.223 e. The predicted octanol–water partition coefficient (Wildman–Crippen LogP) is 3.22. The van der Waals surface area contributed by atoms with Gasteiger partial charge in [0.15, 0.2) is 5.78 Å². The van der Waals surface area contributed by atoms with Crippen LogP contribution in [-0.2, 0) is 4.79 Å². The van der Waals surface area contributed by atoms with Crippen LogP contribution in [0.2, 0.25) is 0 Å². The van der Waals surface area contributed by atoms with E-state index < -0.39 is 0 Å². The molecule has 26 heavy (non-hydrogen) atoms. The van der Waals surface area contributed by atoms with Crippen molar-refractivity contribution in [2.24, 2.45) is 5.73 Å². The van der Waals surface area contributed by atoms with Gasteiger partial charge in [-0.25, -0.2) is 0 Å². The highest BCUT2D eigenvalue weighted by atomic mass is 16.2. The van der Waals surface area contributed by atoms with Gasteiger partial charge in [0.25, 0.3) is 0 Å². The van der Waals surface area contributed by atoms with Crippen LogP contribution in [0, 0.1) is 13.8 Å². The van der Waals surface area contributed by atoms with E-state index in [0.717, 1.165) is 16.7 Å². The Labute approximate surface area is 155 Å². The fourth-order valence-electron chi connectivity index (χ4n) is 3.64. The number of aryl methyl sites for hydroxylation is 2. The number of amides is 1. The molecule has 2 aromatic rings. The number of nitrogens with two attached hydrogens (primary N) is 1. The Kier molecular flexibility index (Phi) is 5.52. The Balaban J connectivity index is 1.59. The summed E-state index contributed by atoms with van der Waals surface area (Å²) in [6.07, 6.45) is 0.477. The fraction of sp³-hybridized carbons (Fsp3) is 0.364. The molecular weight excluding hydrogens is 324 g/mol. The molecule has 1 amide bonds. The summed E-state index contributed by atoms with van der Waals surface area (Å²) in [6, 6.07) is 15.9. The first-order valence-electron chi connectivity index (χ1n) is 9.14. The van der Waals surface area contributed by atoms with Crippen LogP contribution >= 0.6 is 0 Å². The number of hydrogen-bond acceptors (Lipinski definition) is 3. The normalized spacial score (nSPS) is 19.6. The van der Waals surface area contributed by atoms with E-state index in [2.05, 4.69) is 12.1 Å². The van der Waals surface area contributed by atoms with Gasteiger partial charge in [0.05, 0.1) is 0 Å². The molecule has 2 atom stereocenters. The van der Waals surface area contributed by atoms with Crippen molar-refractivity contribution in [2.45, 2.75) is 38.6 Å². The first-order chi connectivity index (χ1) is 12.5. The number of carbonyl (C=O) groups excluding carboxylic acids is 2. The van der Waals surface area contributed by atoms with E-state index >= 15 is 0 Å².